The zero-order valence-corrected chi connectivity index (χ0v) is 28.1. The molecule has 2 aromatic carbocycles. The number of hydrogen-bond acceptors (Lipinski definition) is 6. The van der Waals surface area contributed by atoms with Gasteiger partial charge in [0.2, 0.25) is 5.56 Å². The smallest absolute Gasteiger partial charge is 0.254 e. The van der Waals surface area contributed by atoms with Gasteiger partial charge >= 0.3 is 0 Å². The summed E-state index contributed by atoms with van der Waals surface area (Å²) in [6.07, 6.45) is 0. The summed E-state index contributed by atoms with van der Waals surface area (Å²) in [4.78, 5) is 51.7. The molecule has 5 heterocycles. The van der Waals surface area contributed by atoms with Crippen LogP contribution in [0.2, 0.25) is 0 Å². The number of fused-ring (bicyclic) bond motifs is 4. The number of pyridine rings is 4. The molecular formula is C37H40N4O6. The first kappa shape index (κ1) is 31.8. The molecule has 1 aliphatic heterocycles. The van der Waals surface area contributed by atoms with Gasteiger partial charge in [0.25, 0.3) is 16.7 Å². The van der Waals surface area contributed by atoms with Gasteiger partial charge in [-0.15, -0.1) is 0 Å². The molecule has 0 fully saturated rings. The number of ether oxygens (including phenoxy) is 1. The van der Waals surface area contributed by atoms with Crippen molar-refractivity contribution in [1.82, 2.24) is 18.7 Å². The van der Waals surface area contributed by atoms with Crippen LogP contribution in [-0.2, 0) is 19.8 Å². The predicted octanol–water partition coefficient (Wildman–Crippen LogP) is 5.76. The minimum atomic E-state index is -0.268. The van der Waals surface area contributed by atoms with Gasteiger partial charge in [0.1, 0.15) is 0 Å². The first-order valence-corrected chi connectivity index (χ1v) is 15.9. The summed E-state index contributed by atoms with van der Waals surface area (Å²) in [6.45, 7) is 17.1. The molecule has 0 bridgehead atoms. The van der Waals surface area contributed by atoms with Crippen molar-refractivity contribution < 1.29 is 9.84 Å². The number of aromatic nitrogens is 4. The van der Waals surface area contributed by atoms with E-state index < -0.39 is 0 Å². The number of phenolic OH excluding ortho intramolecular Hbond substituents is 1. The molecule has 244 valence electrons. The molecule has 0 spiro atoms. The number of benzene rings is 2. The van der Waals surface area contributed by atoms with Crippen LogP contribution in [0.1, 0.15) is 49.9 Å². The summed E-state index contributed by atoms with van der Waals surface area (Å²) in [7, 11) is 0. The molecule has 0 atom stereocenters. The maximum atomic E-state index is 12.6. The highest BCUT2D eigenvalue weighted by Gasteiger charge is 2.24. The first-order chi connectivity index (χ1) is 22.2. The van der Waals surface area contributed by atoms with Gasteiger partial charge in [-0.1, -0.05) is 27.7 Å². The molecule has 0 saturated heterocycles. The molecule has 10 nitrogen and oxygen atoms in total. The summed E-state index contributed by atoms with van der Waals surface area (Å²) in [6, 6.07) is 10.4. The second-order valence-electron chi connectivity index (χ2n) is 13.6. The quantitative estimate of drug-likeness (QED) is 0.237. The third kappa shape index (κ3) is 5.31. The zero-order valence-electron chi connectivity index (χ0n) is 28.1. The number of aromatic hydroxyl groups is 1. The van der Waals surface area contributed by atoms with Crippen LogP contribution in [0.5, 0.6) is 11.5 Å². The van der Waals surface area contributed by atoms with E-state index in [2.05, 4.69) is 24.9 Å². The first-order valence-electron chi connectivity index (χ1n) is 15.9. The van der Waals surface area contributed by atoms with E-state index in [9.17, 15) is 24.3 Å². The standard InChI is InChI=1S/C19H20N2O3.C18H20N2O3/c1-10(2)8-20-15(22)5-11(3)13-7-14-12(4)6-16(23)21-9-24-19(17(13)20)18(14)21;1-9(2)8-20-15(22)6-11(4)13-7-12-10(3)5-14(21)19-16(12)18(23)17(13)20/h5-7,10H,8-9H2,1-4H3;5-7,9,23H,8H2,1-4H3,(H,19,21). The van der Waals surface area contributed by atoms with E-state index in [0.717, 1.165) is 54.8 Å². The van der Waals surface area contributed by atoms with Crippen molar-refractivity contribution in [2.45, 2.75) is 75.2 Å². The lowest BCUT2D eigenvalue weighted by atomic mass is 10.0. The Morgan fingerprint density at radius 2 is 1.13 bits per heavy atom. The second-order valence-corrected chi connectivity index (χ2v) is 13.6. The fraction of sp³-hybridized carbons (Fsp3) is 0.351. The Morgan fingerprint density at radius 1 is 0.660 bits per heavy atom. The number of hydrogen-bond donors (Lipinski definition) is 2. The lowest BCUT2D eigenvalue weighted by Crippen LogP contribution is -2.23. The highest BCUT2D eigenvalue weighted by molar-refractivity contribution is 6.05. The van der Waals surface area contributed by atoms with Crippen LogP contribution in [0, 0.1) is 39.5 Å². The molecule has 0 amide bonds. The van der Waals surface area contributed by atoms with E-state index >= 15 is 0 Å². The van der Waals surface area contributed by atoms with Gasteiger partial charge in [0.15, 0.2) is 18.2 Å². The minimum absolute atomic E-state index is 0.0265. The van der Waals surface area contributed by atoms with E-state index in [1.165, 1.54) is 6.07 Å². The van der Waals surface area contributed by atoms with Crippen LogP contribution in [0.4, 0.5) is 0 Å². The second kappa shape index (κ2) is 11.6. The van der Waals surface area contributed by atoms with Crippen molar-refractivity contribution in [1.29, 1.82) is 0 Å². The zero-order chi connectivity index (χ0) is 34.1. The highest BCUT2D eigenvalue weighted by Crippen LogP contribution is 2.39. The molecule has 7 rings (SSSR count). The lowest BCUT2D eigenvalue weighted by Gasteiger charge is -2.17. The van der Waals surface area contributed by atoms with Gasteiger partial charge in [-0.25, -0.2) is 0 Å². The van der Waals surface area contributed by atoms with E-state index in [1.54, 1.807) is 31.9 Å². The predicted molar refractivity (Wildman–Crippen MR) is 187 cm³/mol. The number of rotatable bonds is 4. The van der Waals surface area contributed by atoms with Crippen molar-refractivity contribution in [2.24, 2.45) is 11.8 Å². The number of nitrogens with one attached hydrogen (secondary N) is 1. The lowest BCUT2D eigenvalue weighted by molar-refractivity contribution is 0.268. The molecule has 1 aliphatic rings. The van der Waals surface area contributed by atoms with Crippen molar-refractivity contribution in [3.63, 3.8) is 0 Å². The Morgan fingerprint density at radius 3 is 1.70 bits per heavy atom. The van der Waals surface area contributed by atoms with E-state index in [0.29, 0.717) is 35.8 Å². The van der Waals surface area contributed by atoms with Crippen LogP contribution in [0.25, 0.3) is 43.6 Å². The SMILES string of the molecule is Cc1cc(=O)[nH]c2c(O)c3c(cc12)c(C)cc(=O)n3CC(C)C.Cc1cc(=O)n2c3c(c4c(cc13)c(C)cc(=O)n4CC(C)C)OC2. The third-order valence-electron chi connectivity index (χ3n) is 8.86. The van der Waals surface area contributed by atoms with Crippen LogP contribution in [0.15, 0.2) is 55.6 Å². The van der Waals surface area contributed by atoms with Crippen molar-refractivity contribution >= 4 is 43.6 Å². The number of phenols is 1. The normalized spacial score (nSPS) is 12.5. The molecule has 6 aromatic rings. The van der Waals surface area contributed by atoms with Crippen LogP contribution < -0.4 is 27.0 Å². The number of H-pyrrole nitrogens is 1. The molecule has 4 aromatic heterocycles. The molecule has 47 heavy (non-hydrogen) atoms. The Kier molecular flexibility index (Phi) is 7.86. The molecule has 0 unspecified atom stereocenters. The summed E-state index contributed by atoms with van der Waals surface area (Å²) in [5, 5.41) is 14.4. The van der Waals surface area contributed by atoms with E-state index in [1.807, 2.05) is 47.6 Å². The van der Waals surface area contributed by atoms with Crippen LogP contribution in [-0.4, -0.2) is 23.8 Å². The number of nitrogens with zero attached hydrogens (tertiary/aromatic N) is 3. The fourth-order valence-corrected chi connectivity index (χ4v) is 6.72. The van der Waals surface area contributed by atoms with Crippen molar-refractivity contribution in [3.05, 3.63) is 100 Å². The maximum absolute atomic E-state index is 12.6. The summed E-state index contributed by atoms with van der Waals surface area (Å²) in [5.41, 5.74) is 5.43. The van der Waals surface area contributed by atoms with Crippen LogP contribution in [0.3, 0.4) is 0 Å². The Hall–Kier alpha value is -5.12. The van der Waals surface area contributed by atoms with Gasteiger partial charge in [-0.05, 0) is 73.9 Å². The van der Waals surface area contributed by atoms with E-state index in [4.69, 9.17) is 4.74 Å². The molecule has 0 saturated carbocycles. The topological polar surface area (TPSA) is 128 Å². The Balaban J connectivity index is 0.000000165. The third-order valence-corrected chi connectivity index (χ3v) is 8.86. The van der Waals surface area contributed by atoms with Crippen LogP contribution >= 0.6 is 0 Å². The maximum Gasteiger partial charge on any atom is 0.254 e. The Bertz CT molecular complexity index is 2510. The average molecular weight is 637 g/mol. The van der Waals surface area contributed by atoms with Gasteiger partial charge in [-0.2, -0.15) is 0 Å². The van der Waals surface area contributed by atoms with Gasteiger partial charge in [-0.3, -0.25) is 23.7 Å². The minimum Gasteiger partial charge on any atom is -0.504 e. The van der Waals surface area contributed by atoms with Crippen molar-refractivity contribution in [2.75, 3.05) is 0 Å². The molecular weight excluding hydrogens is 596 g/mol. The molecule has 2 N–H and O–H groups in total. The fourth-order valence-electron chi connectivity index (χ4n) is 6.72. The van der Waals surface area contributed by atoms with Gasteiger partial charge in [0, 0.05) is 58.9 Å². The van der Waals surface area contributed by atoms with Crippen molar-refractivity contribution in [3.8, 4) is 11.5 Å². The summed E-state index contributed by atoms with van der Waals surface area (Å²) in [5.74, 6) is 1.20. The van der Waals surface area contributed by atoms with Gasteiger partial charge in [0.05, 0.1) is 22.1 Å². The highest BCUT2D eigenvalue weighted by atomic mass is 16.5. The average Bonchev–Trinajstić information content (AvgIpc) is 3.43. The molecule has 10 heteroatoms. The molecule has 0 radical (unpaired) electrons. The van der Waals surface area contributed by atoms with Gasteiger partial charge < -0.3 is 24.0 Å². The monoisotopic (exact) mass is 636 g/mol. The summed E-state index contributed by atoms with van der Waals surface area (Å²) >= 11 is 0. The molecule has 0 aliphatic carbocycles. The van der Waals surface area contributed by atoms with E-state index in [-0.39, 0.29) is 40.6 Å². The number of aryl methyl sites for hydroxylation is 4. The number of aromatic amines is 1. The summed E-state index contributed by atoms with van der Waals surface area (Å²) < 4.78 is 10.9. The Labute approximate surface area is 270 Å². The largest absolute Gasteiger partial charge is 0.504 e.